The number of aromatic hydroxyl groups is 1. The van der Waals surface area contributed by atoms with Gasteiger partial charge < -0.3 is 35.8 Å². The highest BCUT2D eigenvalue weighted by Crippen LogP contribution is 2.54. The molecule has 13 nitrogen and oxygen atoms in total. The van der Waals surface area contributed by atoms with Gasteiger partial charge in [-0.1, -0.05) is 17.7 Å². The monoisotopic (exact) mass is 606 g/mol. The number of anilines is 2. The number of hydrogen-bond donors (Lipinski definition) is 6. The van der Waals surface area contributed by atoms with E-state index in [-0.39, 0.29) is 35.4 Å². The van der Waals surface area contributed by atoms with Gasteiger partial charge in [0.15, 0.2) is 17.1 Å². The molecule has 1 fully saturated rings. The quantitative estimate of drug-likeness (QED) is 0.214. The third kappa shape index (κ3) is 4.55. The number of primary amides is 1. The molecule has 44 heavy (non-hydrogen) atoms. The summed E-state index contributed by atoms with van der Waals surface area (Å²) in [6.45, 7) is 1.88. The second kappa shape index (κ2) is 10.7. The topological polar surface area (TPSA) is 203 Å². The van der Waals surface area contributed by atoms with E-state index >= 15 is 0 Å². The number of nitrogens with one attached hydrogen (secondary N) is 1. The maximum atomic E-state index is 14.1. The number of aliphatic hydroxyl groups is 3. The molecule has 5 rings (SSSR count). The standard InChI is InChI=1S/C31H34N4O9/c1-13-6-8-15(9-7-13)44-30(42)33-18-12-19(34(2)3)16-10-14-11-17-23(35(4)5)26(38)22(29(32)41)28(40)31(17,43)27(39)20(14)25(37)21(16)24(18)36/h6-9,12,14,17,23,36-37,40,43H,10-11H2,1-5H3,(H2,32,41)(H,33,42)/t14-,17-,23-,31-/m1/s1. The minimum atomic E-state index is -2.75. The number of ketones is 2. The van der Waals surface area contributed by atoms with Crippen molar-refractivity contribution in [3.05, 3.63) is 63.9 Å². The van der Waals surface area contributed by atoms with Gasteiger partial charge in [-0.3, -0.25) is 24.6 Å². The van der Waals surface area contributed by atoms with Gasteiger partial charge >= 0.3 is 6.09 Å². The number of rotatable bonds is 5. The predicted octanol–water partition coefficient (Wildman–Crippen LogP) is 1.95. The Morgan fingerprint density at radius 1 is 1.07 bits per heavy atom. The fourth-order valence-electron chi connectivity index (χ4n) is 6.63. The number of hydrogen-bond acceptors (Lipinski definition) is 11. The summed E-state index contributed by atoms with van der Waals surface area (Å²) in [5.74, 6) is -7.31. The summed E-state index contributed by atoms with van der Waals surface area (Å²) in [6, 6.07) is 7.04. The van der Waals surface area contributed by atoms with Gasteiger partial charge in [0.1, 0.15) is 22.8 Å². The number of aryl methyl sites for hydroxylation is 1. The van der Waals surface area contributed by atoms with Crippen LogP contribution in [0.15, 0.2) is 47.2 Å². The summed E-state index contributed by atoms with van der Waals surface area (Å²) in [6.07, 6.45) is -0.859. The van der Waals surface area contributed by atoms with Gasteiger partial charge in [-0.05, 0) is 63.5 Å². The molecular weight excluding hydrogens is 572 g/mol. The molecule has 0 unspecified atom stereocenters. The summed E-state index contributed by atoms with van der Waals surface area (Å²) in [5, 5.41) is 48.2. The van der Waals surface area contributed by atoms with Crippen molar-refractivity contribution in [2.24, 2.45) is 17.6 Å². The summed E-state index contributed by atoms with van der Waals surface area (Å²) in [4.78, 5) is 55.4. The number of likely N-dealkylation sites (N-methyl/N-ethyl adjacent to an activating group) is 1. The molecule has 0 saturated heterocycles. The van der Waals surface area contributed by atoms with Crippen LogP contribution in [0.1, 0.15) is 23.1 Å². The Bertz CT molecular complexity index is 1680. The van der Waals surface area contributed by atoms with E-state index in [0.717, 1.165) is 5.56 Å². The Morgan fingerprint density at radius 2 is 1.70 bits per heavy atom. The number of carbonyl (C=O) groups is 4. The minimum Gasteiger partial charge on any atom is -0.508 e. The molecule has 7 N–H and O–H groups in total. The number of Topliss-reactive ketones (excluding diaryl/α,β-unsaturated/α-hetero) is 2. The molecule has 3 aliphatic carbocycles. The molecule has 4 atom stereocenters. The predicted molar refractivity (Wildman–Crippen MR) is 159 cm³/mol. The molecule has 2 amide bonds. The molecule has 2 aromatic carbocycles. The Labute approximate surface area is 252 Å². The number of nitrogens with zero attached hydrogens (tertiary/aromatic N) is 2. The first kappa shape index (κ1) is 30.6. The van der Waals surface area contributed by atoms with Crippen LogP contribution >= 0.6 is 0 Å². The summed E-state index contributed by atoms with van der Waals surface area (Å²) in [7, 11) is 6.51. The van der Waals surface area contributed by atoms with Crippen LogP contribution in [-0.4, -0.2) is 88.7 Å². The van der Waals surface area contributed by atoms with Crippen molar-refractivity contribution in [2.45, 2.75) is 31.4 Å². The Balaban J connectivity index is 1.63. The van der Waals surface area contributed by atoms with Crippen LogP contribution in [0.4, 0.5) is 16.2 Å². The number of fused-ring (bicyclic) bond motifs is 3. The third-order valence-corrected chi connectivity index (χ3v) is 8.65. The summed E-state index contributed by atoms with van der Waals surface area (Å²) < 4.78 is 5.32. The van der Waals surface area contributed by atoms with Crippen molar-refractivity contribution in [3.63, 3.8) is 0 Å². The molecule has 0 aliphatic heterocycles. The SMILES string of the molecule is Cc1ccc(OC(=O)Nc2cc(N(C)C)c3c(c2O)C(O)=C2C(=O)[C@@]4(O)C(O)=C(C(N)=O)C(=O)[C@H](N(C)C)[C@H]4C[C@H]2C3)cc1. The normalized spacial score (nSPS) is 24.5. The summed E-state index contributed by atoms with van der Waals surface area (Å²) >= 11 is 0. The van der Waals surface area contributed by atoms with Crippen LogP contribution in [0.3, 0.4) is 0 Å². The van der Waals surface area contributed by atoms with E-state index in [1.165, 1.54) is 25.1 Å². The first-order valence-electron chi connectivity index (χ1n) is 13.9. The van der Waals surface area contributed by atoms with Crippen molar-refractivity contribution >= 4 is 40.7 Å². The van der Waals surface area contributed by atoms with E-state index in [1.807, 2.05) is 6.92 Å². The van der Waals surface area contributed by atoms with Gasteiger partial charge in [0, 0.05) is 31.3 Å². The van der Waals surface area contributed by atoms with Crippen LogP contribution in [0, 0.1) is 18.8 Å². The maximum absolute atomic E-state index is 14.1. The lowest BCUT2D eigenvalue weighted by atomic mass is 9.57. The van der Waals surface area contributed by atoms with E-state index in [1.54, 1.807) is 43.3 Å². The number of ether oxygens (including phenoxy) is 1. The zero-order valence-corrected chi connectivity index (χ0v) is 24.8. The summed E-state index contributed by atoms with van der Waals surface area (Å²) in [5.41, 5.74) is 3.08. The molecule has 0 aromatic heterocycles. The average molecular weight is 607 g/mol. The highest BCUT2D eigenvalue weighted by Gasteiger charge is 2.64. The third-order valence-electron chi connectivity index (χ3n) is 8.65. The van der Waals surface area contributed by atoms with Crippen LogP contribution in [0.5, 0.6) is 11.5 Å². The fourth-order valence-corrected chi connectivity index (χ4v) is 6.63. The van der Waals surface area contributed by atoms with Gasteiger partial charge in [0.2, 0.25) is 5.78 Å². The van der Waals surface area contributed by atoms with E-state index < -0.39 is 69.9 Å². The van der Waals surface area contributed by atoms with Crippen molar-refractivity contribution in [3.8, 4) is 11.5 Å². The van der Waals surface area contributed by atoms with Crippen LogP contribution < -0.4 is 20.7 Å². The average Bonchev–Trinajstić information content (AvgIpc) is 2.93. The van der Waals surface area contributed by atoms with Crippen LogP contribution in [-0.2, 0) is 20.8 Å². The van der Waals surface area contributed by atoms with Crippen molar-refractivity contribution in [1.29, 1.82) is 0 Å². The Hall–Kier alpha value is -4.88. The van der Waals surface area contributed by atoms with Crippen molar-refractivity contribution in [1.82, 2.24) is 4.90 Å². The molecule has 1 saturated carbocycles. The molecule has 13 heteroatoms. The lowest BCUT2D eigenvalue weighted by Crippen LogP contribution is -2.65. The molecule has 232 valence electrons. The fraction of sp³-hybridized carbons (Fsp3) is 0.355. The smallest absolute Gasteiger partial charge is 0.417 e. The Kier molecular flexibility index (Phi) is 7.42. The van der Waals surface area contributed by atoms with Gasteiger partial charge in [-0.2, -0.15) is 0 Å². The first-order valence-corrected chi connectivity index (χ1v) is 13.9. The number of amides is 2. The van der Waals surface area contributed by atoms with E-state index in [2.05, 4.69) is 5.32 Å². The van der Waals surface area contributed by atoms with E-state index in [0.29, 0.717) is 11.3 Å². The zero-order chi connectivity index (χ0) is 32.4. The second-order valence-electron chi connectivity index (χ2n) is 11.8. The van der Waals surface area contributed by atoms with E-state index in [9.17, 15) is 39.6 Å². The van der Waals surface area contributed by atoms with E-state index in [4.69, 9.17) is 10.5 Å². The minimum absolute atomic E-state index is 0.0394. The number of carbonyl (C=O) groups excluding carboxylic acids is 4. The van der Waals surface area contributed by atoms with Gasteiger partial charge in [0.25, 0.3) is 5.91 Å². The van der Waals surface area contributed by atoms with Crippen molar-refractivity contribution in [2.75, 3.05) is 38.4 Å². The van der Waals surface area contributed by atoms with Crippen molar-refractivity contribution < 1.29 is 44.3 Å². The second-order valence-corrected chi connectivity index (χ2v) is 11.8. The molecule has 0 bridgehead atoms. The highest BCUT2D eigenvalue weighted by molar-refractivity contribution is 6.24. The molecular formula is C31H34N4O9. The number of aliphatic hydroxyl groups excluding tert-OH is 2. The van der Waals surface area contributed by atoms with Gasteiger partial charge in [0.05, 0.1) is 17.3 Å². The molecule has 3 aliphatic rings. The number of nitrogens with two attached hydrogens (primary N) is 1. The molecule has 0 spiro atoms. The lowest BCUT2D eigenvalue weighted by Gasteiger charge is -2.50. The van der Waals surface area contributed by atoms with Crippen LogP contribution in [0.2, 0.25) is 0 Å². The highest BCUT2D eigenvalue weighted by atomic mass is 16.6. The number of phenols is 1. The van der Waals surface area contributed by atoms with Gasteiger partial charge in [-0.15, -0.1) is 0 Å². The Morgan fingerprint density at radius 3 is 2.27 bits per heavy atom. The largest absolute Gasteiger partial charge is 0.508 e. The van der Waals surface area contributed by atoms with Crippen LogP contribution in [0.25, 0.3) is 5.76 Å². The molecule has 0 heterocycles. The number of phenolic OH excluding ortho intramolecular Hbond substituents is 1. The number of benzene rings is 2. The molecule has 0 radical (unpaired) electrons. The van der Waals surface area contributed by atoms with Gasteiger partial charge in [-0.25, -0.2) is 4.79 Å². The molecule has 2 aromatic rings. The lowest BCUT2D eigenvalue weighted by molar-refractivity contribution is -0.153. The maximum Gasteiger partial charge on any atom is 0.417 e. The first-order chi connectivity index (χ1) is 20.6. The zero-order valence-electron chi connectivity index (χ0n) is 24.8.